The van der Waals surface area contributed by atoms with E-state index < -0.39 is 11.9 Å². The molecule has 1 fully saturated rings. The summed E-state index contributed by atoms with van der Waals surface area (Å²) in [5.41, 5.74) is 0. The van der Waals surface area contributed by atoms with Crippen molar-refractivity contribution in [3.8, 4) is 0 Å². The molecule has 114 valence electrons. The van der Waals surface area contributed by atoms with E-state index in [4.69, 9.17) is 5.11 Å². The van der Waals surface area contributed by atoms with Crippen molar-refractivity contribution in [2.24, 2.45) is 5.92 Å². The smallest absolute Gasteiger partial charge is 0.377 e. The number of likely N-dealkylation sites (tertiary alicyclic amines) is 1. The molecule has 0 aliphatic carbocycles. The summed E-state index contributed by atoms with van der Waals surface area (Å²) in [7, 11) is 1.22. The van der Waals surface area contributed by atoms with Crippen LogP contribution in [0.2, 0.25) is 0 Å². The molecule has 0 unspecified atom stereocenters. The van der Waals surface area contributed by atoms with E-state index in [1.165, 1.54) is 18.1 Å². The fourth-order valence-corrected chi connectivity index (χ4v) is 2.17. The van der Waals surface area contributed by atoms with Gasteiger partial charge in [-0.25, -0.2) is 14.5 Å². The summed E-state index contributed by atoms with van der Waals surface area (Å²) in [6.45, 7) is 0.782. The molecule has 1 aromatic rings. The van der Waals surface area contributed by atoms with Crippen LogP contribution in [0.1, 0.15) is 23.5 Å². The predicted octanol–water partition coefficient (Wildman–Crippen LogP) is -0.612. The molecule has 1 aliphatic heterocycles. The summed E-state index contributed by atoms with van der Waals surface area (Å²) in [4.78, 5) is 39.5. The monoisotopic (exact) mass is 296 g/mol. The molecule has 0 saturated carbocycles. The summed E-state index contributed by atoms with van der Waals surface area (Å²) in [6, 6.07) is 0. The summed E-state index contributed by atoms with van der Waals surface area (Å²) in [5.74, 6) is -2.15. The number of methoxy groups -OCH3 is 1. The van der Waals surface area contributed by atoms with Crippen LogP contribution in [0.4, 0.5) is 0 Å². The molecule has 1 aliphatic rings. The van der Waals surface area contributed by atoms with Crippen LogP contribution >= 0.6 is 0 Å². The van der Waals surface area contributed by atoms with E-state index >= 15 is 0 Å². The molecule has 2 rings (SSSR count). The Labute approximate surface area is 120 Å². The van der Waals surface area contributed by atoms with Gasteiger partial charge in [0, 0.05) is 13.1 Å². The van der Waals surface area contributed by atoms with Gasteiger partial charge in [0.15, 0.2) is 0 Å². The first-order valence-electron chi connectivity index (χ1n) is 6.49. The van der Waals surface area contributed by atoms with Gasteiger partial charge in [-0.2, -0.15) is 0 Å². The van der Waals surface area contributed by atoms with Gasteiger partial charge in [-0.15, -0.1) is 5.10 Å². The van der Waals surface area contributed by atoms with E-state index in [1.54, 1.807) is 4.90 Å². The third-order valence-electron chi connectivity index (χ3n) is 3.40. The first-order chi connectivity index (χ1) is 10.0. The fourth-order valence-electron chi connectivity index (χ4n) is 2.17. The first kappa shape index (κ1) is 14.9. The number of hydrogen-bond acceptors (Lipinski definition) is 6. The number of hydrogen-bond donors (Lipinski definition) is 1. The SMILES string of the molecule is COC(=O)c1ncn(CC(=O)N2CCC(C(=O)O)CC2)n1. The highest BCUT2D eigenvalue weighted by molar-refractivity contribution is 5.84. The summed E-state index contributed by atoms with van der Waals surface area (Å²) < 4.78 is 5.74. The molecule has 2 heterocycles. The van der Waals surface area contributed by atoms with E-state index in [0.29, 0.717) is 25.9 Å². The van der Waals surface area contributed by atoms with Crippen LogP contribution in [0.3, 0.4) is 0 Å². The Kier molecular flexibility index (Phi) is 4.51. The molecule has 0 radical (unpaired) electrons. The van der Waals surface area contributed by atoms with E-state index in [1.807, 2.05) is 0 Å². The average molecular weight is 296 g/mol. The number of piperidine rings is 1. The Balaban J connectivity index is 1.89. The number of aromatic nitrogens is 3. The second-order valence-electron chi connectivity index (χ2n) is 4.75. The quantitative estimate of drug-likeness (QED) is 0.737. The number of carbonyl (C=O) groups excluding carboxylic acids is 2. The van der Waals surface area contributed by atoms with Crippen molar-refractivity contribution in [1.82, 2.24) is 19.7 Å². The van der Waals surface area contributed by atoms with Crippen molar-refractivity contribution in [2.75, 3.05) is 20.2 Å². The van der Waals surface area contributed by atoms with Crippen LogP contribution < -0.4 is 0 Å². The topological polar surface area (TPSA) is 115 Å². The number of rotatable bonds is 4. The third kappa shape index (κ3) is 3.56. The van der Waals surface area contributed by atoms with Crippen LogP contribution in [0, 0.1) is 5.92 Å². The highest BCUT2D eigenvalue weighted by atomic mass is 16.5. The average Bonchev–Trinajstić information content (AvgIpc) is 2.95. The van der Waals surface area contributed by atoms with Crippen molar-refractivity contribution >= 4 is 17.8 Å². The van der Waals surface area contributed by atoms with Crippen molar-refractivity contribution in [1.29, 1.82) is 0 Å². The Morgan fingerprint density at radius 2 is 2.05 bits per heavy atom. The maximum Gasteiger partial charge on any atom is 0.377 e. The van der Waals surface area contributed by atoms with Crippen molar-refractivity contribution in [3.05, 3.63) is 12.2 Å². The molecule has 0 spiro atoms. The Morgan fingerprint density at radius 3 is 2.62 bits per heavy atom. The molecule has 1 aromatic heterocycles. The van der Waals surface area contributed by atoms with Gasteiger partial charge in [-0.1, -0.05) is 0 Å². The number of carbonyl (C=O) groups is 3. The molecule has 0 aromatic carbocycles. The van der Waals surface area contributed by atoms with E-state index in [2.05, 4.69) is 14.8 Å². The van der Waals surface area contributed by atoms with E-state index in [0.717, 1.165) is 0 Å². The Hall–Kier alpha value is -2.45. The van der Waals surface area contributed by atoms with Gasteiger partial charge < -0.3 is 14.7 Å². The minimum absolute atomic E-state index is 0.0399. The van der Waals surface area contributed by atoms with Crippen molar-refractivity contribution in [3.63, 3.8) is 0 Å². The van der Waals surface area contributed by atoms with Crippen LogP contribution in [-0.2, 0) is 20.9 Å². The number of amides is 1. The lowest BCUT2D eigenvalue weighted by molar-refractivity contribution is -0.145. The molecular weight excluding hydrogens is 280 g/mol. The lowest BCUT2D eigenvalue weighted by Crippen LogP contribution is -2.41. The second kappa shape index (κ2) is 6.33. The first-order valence-corrected chi connectivity index (χ1v) is 6.49. The van der Waals surface area contributed by atoms with Gasteiger partial charge in [-0.3, -0.25) is 9.59 Å². The zero-order valence-corrected chi connectivity index (χ0v) is 11.6. The predicted molar refractivity (Wildman–Crippen MR) is 68.3 cm³/mol. The number of esters is 1. The number of ether oxygens (including phenoxy) is 1. The van der Waals surface area contributed by atoms with Crippen LogP contribution in [0.15, 0.2) is 6.33 Å². The van der Waals surface area contributed by atoms with Gasteiger partial charge >= 0.3 is 11.9 Å². The molecule has 1 N–H and O–H groups in total. The van der Waals surface area contributed by atoms with Gasteiger partial charge in [-0.05, 0) is 12.8 Å². The normalized spacial score (nSPS) is 15.8. The molecule has 0 bridgehead atoms. The Morgan fingerprint density at radius 1 is 1.38 bits per heavy atom. The number of aliphatic carboxylic acids is 1. The molecule has 9 nitrogen and oxygen atoms in total. The summed E-state index contributed by atoms with van der Waals surface area (Å²) >= 11 is 0. The third-order valence-corrected chi connectivity index (χ3v) is 3.40. The number of carboxylic acids is 1. The van der Waals surface area contributed by atoms with Crippen molar-refractivity contribution < 1.29 is 24.2 Å². The van der Waals surface area contributed by atoms with Crippen LogP contribution in [-0.4, -0.2) is 62.8 Å². The van der Waals surface area contributed by atoms with Crippen LogP contribution in [0.25, 0.3) is 0 Å². The molecule has 1 saturated heterocycles. The van der Waals surface area contributed by atoms with Gasteiger partial charge in [0.1, 0.15) is 12.9 Å². The maximum atomic E-state index is 12.1. The van der Waals surface area contributed by atoms with E-state index in [-0.39, 0.29) is 24.2 Å². The Bertz CT molecular complexity index is 548. The largest absolute Gasteiger partial charge is 0.481 e. The zero-order valence-electron chi connectivity index (χ0n) is 11.6. The zero-order chi connectivity index (χ0) is 15.4. The second-order valence-corrected chi connectivity index (χ2v) is 4.75. The highest BCUT2D eigenvalue weighted by Crippen LogP contribution is 2.17. The van der Waals surface area contributed by atoms with Gasteiger partial charge in [0.05, 0.1) is 13.0 Å². The molecule has 0 atom stereocenters. The number of nitrogens with zero attached hydrogens (tertiary/aromatic N) is 4. The number of carboxylic acid groups (broad SMARTS) is 1. The highest BCUT2D eigenvalue weighted by Gasteiger charge is 2.27. The molecule has 9 heteroatoms. The molecule has 1 amide bonds. The molecular formula is C12H16N4O5. The lowest BCUT2D eigenvalue weighted by atomic mass is 9.97. The van der Waals surface area contributed by atoms with E-state index in [9.17, 15) is 14.4 Å². The minimum atomic E-state index is -0.818. The fraction of sp³-hybridized carbons (Fsp3) is 0.583. The lowest BCUT2D eigenvalue weighted by Gasteiger charge is -2.30. The van der Waals surface area contributed by atoms with Crippen molar-refractivity contribution in [2.45, 2.75) is 19.4 Å². The summed E-state index contributed by atoms with van der Waals surface area (Å²) in [6.07, 6.45) is 2.19. The standard InChI is InChI=1S/C12H16N4O5/c1-21-12(20)10-13-7-16(14-10)6-9(17)15-4-2-8(3-5-15)11(18)19/h7-8H,2-6H2,1H3,(H,18,19). The molecule has 21 heavy (non-hydrogen) atoms. The van der Waals surface area contributed by atoms with Crippen LogP contribution in [0.5, 0.6) is 0 Å². The van der Waals surface area contributed by atoms with Gasteiger partial charge in [0.25, 0.3) is 5.82 Å². The van der Waals surface area contributed by atoms with Gasteiger partial charge in [0.2, 0.25) is 5.91 Å². The summed E-state index contributed by atoms with van der Waals surface area (Å²) in [5, 5.41) is 12.8. The minimum Gasteiger partial charge on any atom is -0.481 e. The maximum absolute atomic E-state index is 12.1.